The molecule has 0 nitrogen and oxygen atoms in total. The Labute approximate surface area is 56.4 Å². The second-order valence-corrected chi connectivity index (χ2v) is 3.21. The molecule has 0 heterocycles. The van der Waals surface area contributed by atoms with Gasteiger partial charge in [-0.25, -0.2) is 0 Å². The summed E-state index contributed by atoms with van der Waals surface area (Å²) in [5.74, 6) is 0. The van der Waals surface area contributed by atoms with E-state index in [1.54, 1.807) is 0 Å². The van der Waals surface area contributed by atoms with Crippen LogP contribution in [-0.4, -0.2) is 5.25 Å². The summed E-state index contributed by atoms with van der Waals surface area (Å²) in [6.07, 6.45) is 6.00. The lowest BCUT2D eigenvalue weighted by atomic mass is 10.0. The maximum absolute atomic E-state index is 4.36. The van der Waals surface area contributed by atoms with Crippen molar-refractivity contribution in [1.82, 2.24) is 0 Å². The van der Waals surface area contributed by atoms with Crippen molar-refractivity contribution in [2.75, 3.05) is 0 Å². The largest absolute Gasteiger partial charge is 0.176 e. The zero-order chi connectivity index (χ0) is 5.98. The summed E-state index contributed by atoms with van der Waals surface area (Å²) in [6.45, 7) is 2.19. The molecule has 1 unspecified atom stereocenters. The number of hydrogen-bond donors (Lipinski definition) is 1. The fourth-order valence-corrected chi connectivity index (χ4v) is 1.19. The highest BCUT2D eigenvalue weighted by molar-refractivity contribution is 7.80. The molecular weight excluding hydrogens is 116 g/mol. The Morgan fingerprint density at radius 1 is 1.75 bits per heavy atom. The minimum Gasteiger partial charge on any atom is -0.176 e. The van der Waals surface area contributed by atoms with E-state index in [4.69, 9.17) is 0 Å². The van der Waals surface area contributed by atoms with Gasteiger partial charge in [0.1, 0.15) is 0 Å². The van der Waals surface area contributed by atoms with Crippen molar-refractivity contribution >= 4 is 12.6 Å². The Kier molecular flexibility index (Phi) is 2.01. The number of thiol groups is 1. The summed E-state index contributed by atoms with van der Waals surface area (Å²) in [7, 11) is 0. The maximum Gasteiger partial charge on any atom is 0.00544 e. The van der Waals surface area contributed by atoms with Crippen molar-refractivity contribution in [3.63, 3.8) is 0 Å². The Bertz CT molecular complexity index is 105. The van der Waals surface area contributed by atoms with Crippen molar-refractivity contribution in [1.29, 1.82) is 0 Å². The van der Waals surface area contributed by atoms with Crippen LogP contribution in [0.25, 0.3) is 0 Å². The molecule has 0 aromatic rings. The third-order valence-electron chi connectivity index (χ3n) is 1.61. The molecule has 0 spiro atoms. The molecule has 1 heteroatoms. The SMILES string of the molecule is CC1=CCC(S)CC1. The van der Waals surface area contributed by atoms with E-state index in [1.807, 2.05) is 0 Å². The second kappa shape index (κ2) is 2.58. The van der Waals surface area contributed by atoms with Crippen molar-refractivity contribution in [3.8, 4) is 0 Å². The van der Waals surface area contributed by atoms with Gasteiger partial charge in [-0.15, -0.1) is 0 Å². The highest BCUT2D eigenvalue weighted by Gasteiger charge is 2.06. The van der Waals surface area contributed by atoms with Gasteiger partial charge < -0.3 is 0 Å². The first kappa shape index (κ1) is 6.21. The lowest BCUT2D eigenvalue weighted by molar-refractivity contribution is 0.722. The average molecular weight is 128 g/mol. The highest BCUT2D eigenvalue weighted by atomic mass is 32.1. The van der Waals surface area contributed by atoms with E-state index in [0.717, 1.165) is 0 Å². The molecule has 1 aliphatic carbocycles. The summed E-state index contributed by atoms with van der Waals surface area (Å²) in [5, 5.41) is 0.638. The van der Waals surface area contributed by atoms with Crippen LogP contribution in [0, 0.1) is 0 Å². The van der Waals surface area contributed by atoms with E-state index >= 15 is 0 Å². The van der Waals surface area contributed by atoms with Gasteiger partial charge >= 0.3 is 0 Å². The molecule has 46 valence electrons. The molecule has 0 aromatic carbocycles. The standard InChI is InChI=1S/C7H12S/c1-6-2-4-7(8)5-3-6/h2,7-8H,3-5H2,1H3. The van der Waals surface area contributed by atoms with E-state index < -0.39 is 0 Å². The zero-order valence-corrected chi connectivity index (χ0v) is 6.12. The molecule has 1 atom stereocenters. The molecule has 0 aromatic heterocycles. The van der Waals surface area contributed by atoms with Gasteiger partial charge in [0, 0.05) is 5.25 Å². The molecule has 0 saturated heterocycles. The van der Waals surface area contributed by atoms with Gasteiger partial charge in [0.2, 0.25) is 0 Å². The highest BCUT2D eigenvalue weighted by Crippen LogP contribution is 2.20. The second-order valence-electron chi connectivity index (χ2n) is 2.48. The van der Waals surface area contributed by atoms with Crippen LogP contribution < -0.4 is 0 Å². The molecule has 0 radical (unpaired) electrons. The molecule has 0 saturated carbocycles. The van der Waals surface area contributed by atoms with Gasteiger partial charge in [-0.2, -0.15) is 12.6 Å². The van der Waals surface area contributed by atoms with E-state index in [9.17, 15) is 0 Å². The first-order valence-corrected chi connectivity index (χ1v) is 3.64. The fraction of sp³-hybridized carbons (Fsp3) is 0.714. The van der Waals surface area contributed by atoms with Crippen molar-refractivity contribution < 1.29 is 0 Å². The monoisotopic (exact) mass is 128 g/mol. The van der Waals surface area contributed by atoms with Gasteiger partial charge in [-0.3, -0.25) is 0 Å². The number of hydrogen-bond acceptors (Lipinski definition) is 1. The molecule has 1 aliphatic rings. The van der Waals surface area contributed by atoms with Gasteiger partial charge in [0.05, 0.1) is 0 Å². The molecule has 0 amide bonds. The van der Waals surface area contributed by atoms with E-state index in [-0.39, 0.29) is 0 Å². The Hall–Kier alpha value is 0.0900. The van der Waals surface area contributed by atoms with Gasteiger partial charge in [0.25, 0.3) is 0 Å². The van der Waals surface area contributed by atoms with Crippen LogP contribution >= 0.6 is 12.6 Å². The lowest BCUT2D eigenvalue weighted by Gasteiger charge is -2.13. The Morgan fingerprint density at radius 2 is 2.50 bits per heavy atom. The number of allylic oxidation sites excluding steroid dienone is 2. The van der Waals surface area contributed by atoms with Gasteiger partial charge in [0.15, 0.2) is 0 Å². The summed E-state index contributed by atoms with van der Waals surface area (Å²) >= 11 is 4.36. The van der Waals surface area contributed by atoms with Crippen LogP contribution in [0.2, 0.25) is 0 Å². The zero-order valence-electron chi connectivity index (χ0n) is 5.22. The predicted molar refractivity (Wildman–Crippen MR) is 40.4 cm³/mol. The molecule has 0 bridgehead atoms. The molecule has 8 heavy (non-hydrogen) atoms. The van der Waals surface area contributed by atoms with Gasteiger partial charge in [-0.1, -0.05) is 11.6 Å². The molecule has 0 fully saturated rings. The summed E-state index contributed by atoms with van der Waals surface area (Å²) in [5.41, 5.74) is 1.54. The van der Waals surface area contributed by atoms with Crippen LogP contribution in [0.5, 0.6) is 0 Å². The van der Waals surface area contributed by atoms with Crippen molar-refractivity contribution in [3.05, 3.63) is 11.6 Å². The smallest absolute Gasteiger partial charge is 0.00544 e. The lowest BCUT2D eigenvalue weighted by Crippen LogP contribution is -2.02. The van der Waals surface area contributed by atoms with Crippen LogP contribution in [0.1, 0.15) is 26.2 Å². The van der Waals surface area contributed by atoms with Crippen molar-refractivity contribution in [2.45, 2.75) is 31.4 Å². The van der Waals surface area contributed by atoms with E-state index in [2.05, 4.69) is 25.6 Å². The first-order chi connectivity index (χ1) is 3.79. The topological polar surface area (TPSA) is 0 Å². The Balaban J connectivity index is 2.42. The summed E-state index contributed by atoms with van der Waals surface area (Å²) < 4.78 is 0. The van der Waals surface area contributed by atoms with E-state index in [0.29, 0.717) is 5.25 Å². The molecule has 1 rings (SSSR count). The van der Waals surface area contributed by atoms with Gasteiger partial charge in [-0.05, 0) is 26.2 Å². The quantitative estimate of drug-likeness (QED) is 0.376. The van der Waals surface area contributed by atoms with Crippen LogP contribution in [-0.2, 0) is 0 Å². The predicted octanol–water partition coefficient (Wildman–Crippen LogP) is 2.42. The summed E-state index contributed by atoms with van der Waals surface area (Å²) in [4.78, 5) is 0. The average Bonchev–Trinajstić information content (AvgIpc) is 1.77. The molecule has 0 aliphatic heterocycles. The molecular formula is C7H12S. The van der Waals surface area contributed by atoms with Crippen LogP contribution in [0.3, 0.4) is 0 Å². The fourth-order valence-electron chi connectivity index (χ4n) is 0.951. The third kappa shape index (κ3) is 1.55. The molecule has 0 N–H and O–H groups in total. The first-order valence-electron chi connectivity index (χ1n) is 3.13. The number of rotatable bonds is 0. The third-order valence-corrected chi connectivity index (χ3v) is 2.08. The maximum atomic E-state index is 4.36. The minimum absolute atomic E-state index is 0.638. The Morgan fingerprint density at radius 3 is 2.88 bits per heavy atom. The minimum atomic E-state index is 0.638. The normalized spacial score (nSPS) is 29.8. The van der Waals surface area contributed by atoms with Crippen LogP contribution in [0.4, 0.5) is 0 Å². The summed E-state index contributed by atoms with van der Waals surface area (Å²) in [6, 6.07) is 0. The van der Waals surface area contributed by atoms with Crippen LogP contribution in [0.15, 0.2) is 11.6 Å². The van der Waals surface area contributed by atoms with Crippen molar-refractivity contribution in [2.24, 2.45) is 0 Å². The van der Waals surface area contributed by atoms with E-state index in [1.165, 1.54) is 24.8 Å².